The molecule has 0 saturated heterocycles. The second-order valence-corrected chi connectivity index (χ2v) is 10.1. The van der Waals surface area contributed by atoms with Crippen LogP contribution in [-0.2, 0) is 26.1 Å². The smallest absolute Gasteiger partial charge is 0.252 e. The third kappa shape index (κ3) is 6.12. The minimum atomic E-state index is -0.279. The summed E-state index contributed by atoms with van der Waals surface area (Å²) >= 11 is 0. The van der Waals surface area contributed by atoms with Gasteiger partial charge < -0.3 is 4.98 Å². The number of hydrogen-bond donors (Lipinski definition) is 1. The van der Waals surface area contributed by atoms with Crippen molar-refractivity contribution in [1.29, 1.82) is 0 Å². The maximum absolute atomic E-state index is 13.7. The summed E-state index contributed by atoms with van der Waals surface area (Å²) in [6, 6.07) is 22.7. The summed E-state index contributed by atoms with van der Waals surface area (Å²) in [5.41, 5.74) is 5.84. The first-order valence-corrected chi connectivity index (χ1v) is 13.3. The van der Waals surface area contributed by atoms with Gasteiger partial charge in [0.2, 0.25) is 0 Å². The summed E-state index contributed by atoms with van der Waals surface area (Å²) in [6.07, 6.45) is 1.53. The quantitative estimate of drug-likeness (QED) is 0.255. The average molecular weight is 525 g/mol. The van der Waals surface area contributed by atoms with Gasteiger partial charge in [0.25, 0.3) is 5.56 Å². The summed E-state index contributed by atoms with van der Waals surface area (Å²) < 4.78 is 15.5. The lowest BCUT2D eigenvalue weighted by Gasteiger charge is -2.30. The molecule has 39 heavy (non-hydrogen) atoms. The van der Waals surface area contributed by atoms with Crippen LogP contribution in [0.5, 0.6) is 0 Å². The van der Waals surface area contributed by atoms with Gasteiger partial charge >= 0.3 is 0 Å². The zero-order valence-electron chi connectivity index (χ0n) is 22.6. The standard InChI is InChI=1S/C31H33FN6O/c1-4-29(30-34-35-36-38(30)15-14-23-8-6-5-7-9-23)37(19-24-10-12-27(32)13-11-24)20-26-18-25-16-21(2)22(3)17-28(25)33-31(26)39/h5-13,16-18,29H,4,14-15,19-20H2,1-3H3,(H,33,39). The predicted molar refractivity (Wildman–Crippen MR) is 151 cm³/mol. The van der Waals surface area contributed by atoms with E-state index < -0.39 is 0 Å². The van der Waals surface area contributed by atoms with E-state index in [4.69, 9.17) is 0 Å². The van der Waals surface area contributed by atoms with Crippen molar-refractivity contribution in [2.24, 2.45) is 0 Å². The van der Waals surface area contributed by atoms with Crippen molar-refractivity contribution >= 4 is 10.9 Å². The number of nitrogens with one attached hydrogen (secondary N) is 1. The molecule has 1 atom stereocenters. The monoisotopic (exact) mass is 524 g/mol. The molecule has 200 valence electrons. The zero-order chi connectivity index (χ0) is 27.4. The highest BCUT2D eigenvalue weighted by molar-refractivity contribution is 5.80. The number of aromatic amines is 1. The Kier molecular flexibility index (Phi) is 7.93. The van der Waals surface area contributed by atoms with Gasteiger partial charge in [-0.1, -0.05) is 49.4 Å². The lowest BCUT2D eigenvalue weighted by Crippen LogP contribution is -2.32. The lowest BCUT2D eigenvalue weighted by molar-refractivity contribution is 0.160. The van der Waals surface area contributed by atoms with Gasteiger partial charge in [-0.2, -0.15) is 0 Å². The molecule has 0 bridgehead atoms. The van der Waals surface area contributed by atoms with E-state index >= 15 is 0 Å². The van der Waals surface area contributed by atoms with E-state index in [0.29, 0.717) is 25.2 Å². The molecule has 0 aliphatic carbocycles. The molecule has 0 fully saturated rings. The van der Waals surface area contributed by atoms with Crippen LogP contribution < -0.4 is 5.56 Å². The van der Waals surface area contributed by atoms with Crippen LogP contribution in [-0.4, -0.2) is 30.1 Å². The number of benzene rings is 3. The van der Waals surface area contributed by atoms with Crippen LogP contribution in [0.15, 0.2) is 77.6 Å². The number of tetrazole rings is 1. The number of aryl methyl sites for hydroxylation is 4. The molecule has 0 aliphatic rings. The molecule has 1 unspecified atom stereocenters. The summed E-state index contributed by atoms with van der Waals surface area (Å²) in [4.78, 5) is 18.5. The highest BCUT2D eigenvalue weighted by Gasteiger charge is 2.26. The summed E-state index contributed by atoms with van der Waals surface area (Å²) in [5, 5.41) is 13.7. The van der Waals surface area contributed by atoms with Crippen molar-refractivity contribution in [2.45, 2.75) is 59.3 Å². The largest absolute Gasteiger partial charge is 0.322 e. The maximum Gasteiger partial charge on any atom is 0.252 e. The zero-order valence-corrected chi connectivity index (χ0v) is 22.6. The molecule has 2 heterocycles. The third-order valence-corrected chi connectivity index (χ3v) is 7.35. The first-order chi connectivity index (χ1) is 18.9. The summed E-state index contributed by atoms with van der Waals surface area (Å²) in [6.45, 7) is 7.74. The Morgan fingerprint density at radius 3 is 2.44 bits per heavy atom. The van der Waals surface area contributed by atoms with Gasteiger partial charge in [-0.05, 0) is 95.1 Å². The fraction of sp³-hybridized carbons (Fsp3) is 0.290. The Hall–Kier alpha value is -4.17. The summed E-state index contributed by atoms with van der Waals surface area (Å²) in [5.74, 6) is 0.470. The Bertz CT molecular complexity index is 1610. The minimum Gasteiger partial charge on any atom is -0.322 e. The molecular formula is C31H33FN6O. The van der Waals surface area contributed by atoms with Crippen LogP contribution in [0.1, 0.15) is 53.0 Å². The second kappa shape index (κ2) is 11.7. The fourth-order valence-corrected chi connectivity index (χ4v) is 5.05. The molecule has 0 aliphatic heterocycles. The Morgan fingerprint density at radius 1 is 0.949 bits per heavy atom. The molecular weight excluding hydrogens is 491 g/mol. The minimum absolute atomic E-state index is 0.117. The number of halogens is 1. The molecule has 2 aromatic heterocycles. The van der Waals surface area contributed by atoms with Crippen molar-refractivity contribution in [3.63, 3.8) is 0 Å². The lowest BCUT2D eigenvalue weighted by atomic mass is 10.0. The topological polar surface area (TPSA) is 79.7 Å². The highest BCUT2D eigenvalue weighted by Crippen LogP contribution is 2.27. The van der Waals surface area contributed by atoms with Crippen LogP contribution in [0.4, 0.5) is 4.39 Å². The van der Waals surface area contributed by atoms with Gasteiger partial charge in [-0.15, -0.1) is 5.10 Å². The number of nitrogens with zero attached hydrogens (tertiary/aromatic N) is 5. The normalized spacial score (nSPS) is 12.3. The molecule has 5 rings (SSSR count). The molecule has 8 heteroatoms. The number of aromatic nitrogens is 5. The number of fused-ring (bicyclic) bond motifs is 1. The van der Waals surface area contributed by atoms with E-state index in [2.05, 4.69) is 57.5 Å². The maximum atomic E-state index is 13.7. The first-order valence-electron chi connectivity index (χ1n) is 13.3. The van der Waals surface area contributed by atoms with Gasteiger partial charge in [0.05, 0.1) is 6.04 Å². The second-order valence-electron chi connectivity index (χ2n) is 10.1. The molecule has 5 aromatic rings. The first kappa shape index (κ1) is 26.4. The highest BCUT2D eigenvalue weighted by atomic mass is 19.1. The number of rotatable bonds is 10. The van der Waals surface area contributed by atoms with Crippen LogP contribution in [0.25, 0.3) is 10.9 Å². The van der Waals surface area contributed by atoms with Gasteiger partial charge in [0.15, 0.2) is 5.82 Å². The van der Waals surface area contributed by atoms with Crippen molar-refractivity contribution in [2.75, 3.05) is 0 Å². The van der Waals surface area contributed by atoms with Gasteiger partial charge in [0, 0.05) is 30.7 Å². The SMILES string of the molecule is CCC(c1nnnn1CCc1ccccc1)N(Cc1ccc(F)cc1)Cc1cc2cc(C)c(C)cc2[nH]c1=O. The number of hydrogen-bond acceptors (Lipinski definition) is 5. The summed E-state index contributed by atoms with van der Waals surface area (Å²) in [7, 11) is 0. The molecule has 0 radical (unpaired) electrons. The van der Waals surface area contributed by atoms with Crippen LogP contribution in [0.2, 0.25) is 0 Å². The van der Waals surface area contributed by atoms with Gasteiger partial charge in [0.1, 0.15) is 5.82 Å². The van der Waals surface area contributed by atoms with Gasteiger partial charge in [-0.3, -0.25) is 9.69 Å². The van der Waals surface area contributed by atoms with Crippen molar-refractivity contribution in [3.8, 4) is 0 Å². The Morgan fingerprint density at radius 2 is 1.69 bits per heavy atom. The molecule has 1 N–H and O–H groups in total. The van der Waals surface area contributed by atoms with E-state index in [0.717, 1.165) is 40.7 Å². The number of H-pyrrole nitrogens is 1. The van der Waals surface area contributed by atoms with Crippen molar-refractivity contribution in [3.05, 3.63) is 123 Å². The fourth-order valence-electron chi connectivity index (χ4n) is 5.05. The van der Waals surface area contributed by atoms with E-state index in [1.54, 1.807) is 12.1 Å². The van der Waals surface area contributed by atoms with Crippen LogP contribution in [0, 0.1) is 19.7 Å². The predicted octanol–water partition coefficient (Wildman–Crippen LogP) is 5.67. The average Bonchev–Trinajstić information content (AvgIpc) is 3.39. The van der Waals surface area contributed by atoms with E-state index in [1.165, 1.54) is 23.3 Å². The van der Waals surface area contributed by atoms with Crippen LogP contribution in [0.3, 0.4) is 0 Å². The van der Waals surface area contributed by atoms with Crippen molar-refractivity contribution in [1.82, 2.24) is 30.1 Å². The molecule has 0 saturated carbocycles. The van der Waals surface area contributed by atoms with E-state index in [-0.39, 0.29) is 17.4 Å². The molecule has 0 amide bonds. The molecule has 0 spiro atoms. The van der Waals surface area contributed by atoms with Gasteiger partial charge in [-0.25, -0.2) is 9.07 Å². The third-order valence-electron chi connectivity index (χ3n) is 7.35. The van der Waals surface area contributed by atoms with E-state index in [9.17, 15) is 9.18 Å². The van der Waals surface area contributed by atoms with Crippen LogP contribution >= 0.6 is 0 Å². The Balaban J connectivity index is 1.49. The molecule has 7 nitrogen and oxygen atoms in total. The Labute approximate surface area is 227 Å². The van der Waals surface area contributed by atoms with E-state index in [1.807, 2.05) is 41.9 Å². The van der Waals surface area contributed by atoms with Crippen molar-refractivity contribution < 1.29 is 4.39 Å². The number of pyridine rings is 1. The molecule has 3 aromatic carbocycles.